The Bertz CT molecular complexity index is 1480. The van der Waals surface area contributed by atoms with E-state index in [4.69, 9.17) is 4.74 Å². The number of carbonyl (C=O) groups is 7. The Labute approximate surface area is 261 Å². The molecule has 0 aliphatic carbocycles. The molecule has 0 aromatic heterocycles. The molecule has 0 fully saturated rings. The zero-order chi connectivity index (χ0) is 33.5. The van der Waals surface area contributed by atoms with Crippen LogP contribution >= 0.6 is 0 Å². The minimum Gasteiger partial charge on any atom is -0.464 e. The second-order valence-corrected chi connectivity index (χ2v) is 10.2. The molecule has 0 aliphatic rings. The summed E-state index contributed by atoms with van der Waals surface area (Å²) in [6.45, 7) is 12.1. The van der Waals surface area contributed by atoms with Gasteiger partial charge in [0.2, 0.25) is 12.3 Å². The number of para-hydroxylation sites is 2. The van der Waals surface area contributed by atoms with Crippen molar-refractivity contribution in [3.05, 3.63) is 84.0 Å². The first-order valence-electron chi connectivity index (χ1n) is 14.2. The Morgan fingerprint density at radius 2 is 1.24 bits per heavy atom. The number of esters is 1. The molecule has 12 heteroatoms. The van der Waals surface area contributed by atoms with Gasteiger partial charge in [0.1, 0.15) is 12.1 Å². The predicted octanol–water partition coefficient (Wildman–Crippen LogP) is 3.50. The topological polar surface area (TPSA) is 177 Å². The van der Waals surface area contributed by atoms with Gasteiger partial charge in [-0.1, -0.05) is 50.8 Å². The molecule has 4 N–H and O–H groups in total. The number of hydrogen-bond acceptors (Lipinski definition) is 8. The fourth-order valence-corrected chi connectivity index (χ4v) is 3.91. The van der Waals surface area contributed by atoms with Gasteiger partial charge in [-0.05, 0) is 44.5 Å². The van der Waals surface area contributed by atoms with Crippen molar-refractivity contribution >= 4 is 53.0 Å². The van der Waals surface area contributed by atoms with Crippen molar-refractivity contribution in [1.82, 2.24) is 10.6 Å². The Hall–Kier alpha value is -5.39. The molecule has 2 atom stereocenters. The number of unbranched alkanes of at least 4 members (excludes halogenated alkanes) is 1. The molecular formula is C33H38N4O8. The van der Waals surface area contributed by atoms with Crippen LogP contribution in [0.2, 0.25) is 0 Å². The quantitative estimate of drug-likeness (QED) is 0.0645. The molecule has 0 aliphatic heterocycles. The summed E-state index contributed by atoms with van der Waals surface area (Å²) in [6.07, 6.45) is 0.411. The molecule has 2 rings (SSSR count). The van der Waals surface area contributed by atoms with Crippen LogP contribution in [0.3, 0.4) is 0 Å². The fourth-order valence-electron chi connectivity index (χ4n) is 3.91. The van der Waals surface area contributed by atoms with E-state index in [0.717, 1.165) is 6.42 Å². The molecule has 2 unspecified atom stereocenters. The number of amides is 4. The third-order valence-corrected chi connectivity index (χ3v) is 6.43. The molecule has 238 valence electrons. The number of anilines is 2. The summed E-state index contributed by atoms with van der Waals surface area (Å²) in [5.74, 6) is -4.02. The van der Waals surface area contributed by atoms with Crippen molar-refractivity contribution in [3.8, 4) is 0 Å². The predicted molar refractivity (Wildman–Crippen MR) is 168 cm³/mol. The van der Waals surface area contributed by atoms with Crippen LogP contribution in [-0.2, 0) is 28.7 Å². The van der Waals surface area contributed by atoms with E-state index in [1.54, 1.807) is 24.3 Å². The lowest BCUT2D eigenvalue weighted by molar-refractivity contribution is -0.148. The van der Waals surface area contributed by atoms with Gasteiger partial charge < -0.3 is 26.0 Å². The van der Waals surface area contributed by atoms with Crippen LogP contribution in [0.1, 0.15) is 67.2 Å². The number of ether oxygens (including phenoxy) is 1. The molecule has 45 heavy (non-hydrogen) atoms. The normalized spacial score (nSPS) is 11.6. The van der Waals surface area contributed by atoms with E-state index in [1.165, 1.54) is 38.1 Å². The maximum atomic E-state index is 13.4. The second kappa shape index (κ2) is 17.7. The Morgan fingerprint density at radius 3 is 1.69 bits per heavy atom. The lowest BCUT2D eigenvalue weighted by Crippen LogP contribution is -2.51. The molecule has 0 heterocycles. The molecule has 4 amide bonds. The summed E-state index contributed by atoms with van der Waals surface area (Å²) in [7, 11) is 0. The number of rotatable bonds is 18. The van der Waals surface area contributed by atoms with Gasteiger partial charge in [-0.3, -0.25) is 28.8 Å². The van der Waals surface area contributed by atoms with Gasteiger partial charge in [0.05, 0.1) is 18.0 Å². The molecule has 12 nitrogen and oxygen atoms in total. The van der Waals surface area contributed by atoms with Gasteiger partial charge in [0.25, 0.3) is 11.8 Å². The maximum Gasteiger partial charge on any atom is 0.329 e. The maximum absolute atomic E-state index is 13.4. The molecule has 0 saturated carbocycles. The first kappa shape index (κ1) is 35.8. The fraction of sp³-hybridized carbons (Fsp3) is 0.303. The number of hydrogen-bond donors (Lipinski definition) is 4. The first-order valence-corrected chi connectivity index (χ1v) is 14.2. The molecule has 2 aromatic carbocycles. The van der Waals surface area contributed by atoms with Crippen molar-refractivity contribution in [2.24, 2.45) is 0 Å². The highest BCUT2D eigenvalue weighted by Gasteiger charge is 2.31. The minimum absolute atomic E-state index is 0.0440. The number of benzene rings is 2. The van der Waals surface area contributed by atoms with Crippen LogP contribution in [0.5, 0.6) is 0 Å². The van der Waals surface area contributed by atoms with Crippen LogP contribution in [0, 0.1) is 0 Å². The number of carbonyl (C=O) groups excluding carboxylic acids is 7. The van der Waals surface area contributed by atoms with Crippen LogP contribution in [0.25, 0.3) is 0 Å². The van der Waals surface area contributed by atoms with Gasteiger partial charge in [0, 0.05) is 35.1 Å². The van der Waals surface area contributed by atoms with Crippen molar-refractivity contribution in [2.75, 3.05) is 17.2 Å². The van der Waals surface area contributed by atoms with Crippen LogP contribution in [0.15, 0.2) is 72.8 Å². The molecule has 0 radical (unpaired) electrons. The van der Waals surface area contributed by atoms with Crippen LogP contribution < -0.4 is 21.3 Å². The van der Waals surface area contributed by atoms with E-state index in [2.05, 4.69) is 34.4 Å². The van der Waals surface area contributed by atoms with Gasteiger partial charge in [-0.25, -0.2) is 4.79 Å². The summed E-state index contributed by atoms with van der Waals surface area (Å²) in [6, 6.07) is 9.33. The van der Waals surface area contributed by atoms with Gasteiger partial charge in [-0.15, -0.1) is 0 Å². The molecule has 2 aromatic rings. The summed E-state index contributed by atoms with van der Waals surface area (Å²) < 4.78 is 5.28. The van der Waals surface area contributed by atoms with Crippen LogP contribution in [-0.4, -0.2) is 60.4 Å². The average molecular weight is 619 g/mol. The van der Waals surface area contributed by atoms with Gasteiger partial charge in [-0.2, -0.15) is 0 Å². The highest BCUT2D eigenvalue weighted by molar-refractivity contribution is 6.11. The summed E-state index contributed by atoms with van der Waals surface area (Å²) in [4.78, 5) is 88.7. The van der Waals surface area contributed by atoms with E-state index in [9.17, 15) is 33.6 Å². The van der Waals surface area contributed by atoms with E-state index < -0.39 is 60.2 Å². The Morgan fingerprint density at radius 1 is 0.778 bits per heavy atom. The van der Waals surface area contributed by atoms with Crippen molar-refractivity contribution in [3.63, 3.8) is 0 Å². The third-order valence-electron chi connectivity index (χ3n) is 6.43. The van der Waals surface area contributed by atoms with Crippen molar-refractivity contribution in [1.29, 1.82) is 0 Å². The zero-order valence-electron chi connectivity index (χ0n) is 25.6. The summed E-state index contributed by atoms with van der Waals surface area (Å²) in [5, 5.41) is 9.88. The SMILES string of the molecule is C=C(C)C(=O)Nc1ccccc1C(=O)CC(NC=O)C(=O)NC(CC(=O)c1ccccc1NC(=O)C(=C)C)C(=O)OCCCC. The van der Waals surface area contributed by atoms with E-state index in [1.807, 2.05) is 6.92 Å². The number of nitrogens with one attached hydrogen (secondary N) is 4. The largest absolute Gasteiger partial charge is 0.464 e. The Balaban J connectivity index is 2.31. The molecule has 0 spiro atoms. The molecule has 0 bridgehead atoms. The average Bonchev–Trinajstić information content (AvgIpc) is 3.00. The zero-order valence-corrected chi connectivity index (χ0v) is 25.6. The van der Waals surface area contributed by atoms with Crippen LogP contribution in [0.4, 0.5) is 11.4 Å². The minimum atomic E-state index is -1.49. The number of ketones is 2. The van der Waals surface area contributed by atoms with Crippen molar-refractivity contribution in [2.45, 2.75) is 58.5 Å². The smallest absolute Gasteiger partial charge is 0.329 e. The molecule has 0 saturated heterocycles. The number of Topliss-reactive ketones (excluding diaryl/α,β-unsaturated/α-hetero) is 2. The Kier molecular flexibility index (Phi) is 14.1. The van der Waals surface area contributed by atoms with Crippen molar-refractivity contribution < 1.29 is 38.3 Å². The van der Waals surface area contributed by atoms with E-state index in [-0.39, 0.29) is 46.7 Å². The lowest BCUT2D eigenvalue weighted by atomic mass is 9.99. The highest BCUT2D eigenvalue weighted by atomic mass is 16.5. The highest BCUT2D eigenvalue weighted by Crippen LogP contribution is 2.21. The van der Waals surface area contributed by atoms with E-state index >= 15 is 0 Å². The first-order chi connectivity index (χ1) is 21.4. The van der Waals surface area contributed by atoms with Gasteiger partial charge >= 0.3 is 5.97 Å². The van der Waals surface area contributed by atoms with E-state index in [0.29, 0.717) is 6.42 Å². The monoisotopic (exact) mass is 618 g/mol. The molecular weight excluding hydrogens is 580 g/mol. The third kappa shape index (κ3) is 11.0. The standard InChI is InChI=1S/C33H38N4O8/c1-6-7-16-45-33(44)27(18-29(40)23-13-9-11-15-25(23)36-31(42)21(4)5)37-32(43)26(34-19-38)17-28(39)22-12-8-10-14-24(22)35-30(41)20(2)3/h8-15,19,26-27H,2,4,6-7,16-18H2,1,3,5H3,(H,34,38)(H,35,41)(H,36,42)(H,37,43). The summed E-state index contributed by atoms with van der Waals surface area (Å²) >= 11 is 0. The second-order valence-electron chi connectivity index (χ2n) is 10.2. The summed E-state index contributed by atoms with van der Waals surface area (Å²) in [5.41, 5.74) is 0.954. The van der Waals surface area contributed by atoms with Gasteiger partial charge in [0.15, 0.2) is 11.6 Å². The lowest BCUT2D eigenvalue weighted by Gasteiger charge is -2.22.